The van der Waals surface area contributed by atoms with E-state index < -0.39 is 18.3 Å². The zero-order valence-electron chi connectivity index (χ0n) is 14.3. The highest BCUT2D eigenvalue weighted by atomic mass is 16.6. The van der Waals surface area contributed by atoms with Gasteiger partial charge in [0.2, 0.25) is 0 Å². The Hall–Kier alpha value is -0.360. The molecule has 0 heterocycles. The summed E-state index contributed by atoms with van der Waals surface area (Å²) in [6.07, 6.45) is -2.93. The largest absolute Gasteiger partial charge is 0.394 e. The molecule has 9 heteroatoms. The van der Waals surface area contributed by atoms with E-state index in [0.29, 0.717) is 52.9 Å². The molecule has 0 bridgehead atoms. The van der Waals surface area contributed by atoms with Gasteiger partial charge in [0.25, 0.3) is 0 Å². The summed E-state index contributed by atoms with van der Waals surface area (Å²) in [4.78, 5) is 0. The fourth-order valence-corrected chi connectivity index (χ4v) is 1.65. The normalized spacial score (nSPS) is 15.4. The van der Waals surface area contributed by atoms with Gasteiger partial charge in [-0.25, -0.2) is 0 Å². The Balaban J connectivity index is 3.27. The maximum Gasteiger partial charge on any atom is 0.109 e. The van der Waals surface area contributed by atoms with Crippen molar-refractivity contribution in [2.24, 2.45) is 0 Å². The zero-order chi connectivity index (χ0) is 18.0. The van der Waals surface area contributed by atoms with Gasteiger partial charge in [-0.15, -0.1) is 0 Å². The van der Waals surface area contributed by atoms with Crippen molar-refractivity contribution in [3.8, 4) is 0 Å². The number of aliphatic hydroxyl groups is 4. The van der Waals surface area contributed by atoms with E-state index >= 15 is 0 Å². The Morgan fingerprint density at radius 2 is 1.08 bits per heavy atom. The van der Waals surface area contributed by atoms with Crippen molar-refractivity contribution in [2.75, 3.05) is 72.7 Å². The van der Waals surface area contributed by atoms with Gasteiger partial charge in [0, 0.05) is 0 Å². The van der Waals surface area contributed by atoms with Crippen LogP contribution in [-0.2, 0) is 23.7 Å². The van der Waals surface area contributed by atoms with Crippen molar-refractivity contribution in [3.05, 3.63) is 0 Å². The van der Waals surface area contributed by atoms with E-state index in [0.717, 1.165) is 0 Å². The van der Waals surface area contributed by atoms with Gasteiger partial charge in [0.15, 0.2) is 0 Å². The molecule has 0 amide bonds. The SMILES string of the molecule is CC(O)C(O)C(CO)OCCOCCOCCOCCOCCO. The molecule has 3 unspecified atom stereocenters. The van der Waals surface area contributed by atoms with Gasteiger partial charge in [-0.3, -0.25) is 0 Å². The van der Waals surface area contributed by atoms with E-state index in [1.165, 1.54) is 6.92 Å². The van der Waals surface area contributed by atoms with Gasteiger partial charge in [-0.05, 0) is 6.92 Å². The van der Waals surface area contributed by atoms with E-state index in [1.54, 1.807) is 0 Å². The first-order chi connectivity index (χ1) is 11.6. The molecule has 0 spiro atoms. The molecule has 0 aromatic carbocycles. The van der Waals surface area contributed by atoms with E-state index in [4.69, 9.17) is 33.9 Å². The third-order valence-corrected chi connectivity index (χ3v) is 2.97. The van der Waals surface area contributed by atoms with E-state index in [1.807, 2.05) is 0 Å². The number of hydrogen-bond donors (Lipinski definition) is 4. The smallest absolute Gasteiger partial charge is 0.109 e. The minimum Gasteiger partial charge on any atom is -0.394 e. The third-order valence-electron chi connectivity index (χ3n) is 2.97. The summed E-state index contributed by atoms with van der Waals surface area (Å²) in [7, 11) is 0. The average Bonchev–Trinajstić information content (AvgIpc) is 2.58. The molecule has 0 saturated carbocycles. The molecule has 24 heavy (non-hydrogen) atoms. The molecule has 0 aliphatic heterocycles. The molecule has 0 aromatic rings. The minimum absolute atomic E-state index is 0.00987. The molecule has 146 valence electrons. The maximum atomic E-state index is 9.56. The Bertz CT molecular complexity index is 253. The first-order valence-electron chi connectivity index (χ1n) is 8.13. The topological polar surface area (TPSA) is 127 Å². The fraction of sp³-hybridized carbons (Fsp3) is 1.00. The van der Waals surface area contributed by atoms with Gasteiger partial charge in [0.1, 0.15) is 12.2 Å². The van der Waals surface area contributed by atoms with Gasteiger partial charge in [-0.1, -0.05) is 0 Å². The van der Waals surface area contributed by atoms with Gasteiger partial charge in [0.05, 0.1) is 78.8 Å². The van der Waals surface area contributed by atoms with E-state index in [-0.39, 0.29) is 19.8 Å². The van der Waals surface area contributed by atoms with Crippen LogP contribution in [0.3, 0.4) is 0 Å². The third kappa shape index (κ3) is 14.0. The molecule has 9 nitrogen and oxygen atoms in total. The van der Waals surface area contributed by atoms with E-state index in [9.17, 15) is 10.2 Å². The second kappa shape index (κ2) is 17.5. The number of ether oxygens (including phenoxy) is 5. The summed E-state index contributed by atoms with van der Waals surface area (Å²) < 4.78 is 26.1. The lowest BCUT2D eigenvalue weighted by atomic mass is 10.1. The zero-order valence-corrected chi connectivity index (χ0v) is 14.3. The van der Waals surface area contributed by atoms with Gasteiger partial charge >= 0.3 is 0 Å². The quantitative estimate of drug-likeness (QED) is 0.210. The molecular weight excluding hydrogens is 324 g/mol. The summed E-state index contributed by atoms with van der Waals surface area (Å²) in [5, 5.41) is 36.3. The van der Waals surface area contributed by atoms with Crippen LogP contribution in [0.1, 0.15) is 6.92 Å². The van der Waals surface area contributed by atoms with Crippen LogP contribution in [0, 0.1) is 0 Å². The molecule has 0 saturated heterocycles. The Kier molecular flexibility index (Phi) is 17.2. The summed E-state index contributed by atoms with van der Waals surface area (Å²) in [6, 6.07) is 0. The lowest BCUT2D eigenvalue weighted by Gasteiger charge is -2.23. The molecule has 0 aliphatic carbocycles. The summed E-state index contributed by atoms with van der Waals surface area (Å²) in [5.41, 5.74) is 0. The van der Waals surface area contributed by atoms with Crippen LogP contribution in [0.2, 0.25) is 0 Å². The molecule has 0 rings (SSSR count). The predicted molar refractivity (Wildman–Crippen MR) is 84.9 cm³/mol. The van der Waals surface area contributed by atoms with Crippen molar-refractivity contribution in [3.63, 3.8) is 0 Å². The van der Waals surface area contributed by atoms with Gasteiger partial charge < -0.3 is 44.1 Å². The van der Waals surface area contributed by atoms with Crippen LogP contribution in [0.15, 0.2) is 0 Å². The van der Waals surface area contributed by atoms with Crippen LogP contribution in [0.5, 0.6) is 0 Å². The van der Waals surface area contributed by atoms with Crippen molar-refractivity contribution in [1.29, 1.82) is 0 Å². The van der Waals surface area contributed by atoms with Gasteiger partial charge in [-0.2, -0.15) is 0 Å². The summed E-state index contributed by atoms with van der Waals surface area (Å²) >= 11 is 0. The number of hydrogen-bond acceptors (Lipinski definition) is 9. The molecule has 3 atom stereocenters. The first-order valence-corrected chi connectivity index (χ1v) is 8.13. The molecule has 0 fully saturated rings. The fourth-order valence-electron chi connectivity index (χ4n) is 1.65. The average molecular weight is 356 g/mol. The van der Waals surface area contributed by atoms with Crippen LogP contribution < -0.4 is 0 Å². The van der Waals surface area contributed by atoms with Crippen molar-refractivity contribution >= 4 is 0 Å². The van der Waals surface area contributed by atoms with Crippen LogP contribution >= 0.6 is 0 Å². The van der Waals surface area contributed by atoms with Crippen LogP contribution in [-0.4, -0.2) is 111 Å². The molecule has 4 N–H and O–H groups in total. The maximum absolute atomic E-state index is 9.56. The Morgan fingerprint density at radius 1 is 0.667 bits per heavy atom. The highest BCUT2D eigenvalue weighted by Crippen LogP contribution is 2.03. The summed E-state index contributed by atoms with van der Waals surface area (Å²) in [6.45, 7) is 4.51. The van der Waals surface area contributed by atoms with Crippen LogP contribution in [0.4, 0.5) is 0 Å². The standard InChI is InChI=1S/C15H32O9/c1-13(18)15(19)14(12-17)24-11-10-23-9-8-22-7-6-21-5-4-20-3-2-16/h13-19H,2-12H2,1H3. The summed E-state index contributed by atoms with van der Waals surface area (Å²) in [5.74, 6) is 0. The van der Waals surface area contributed by atoms with Crippen molar-refractivity contribution in [1.82, 2.24) is 0 Å². The lowest BCUT2D eigenvalue weighted by Crippen LogP contribution is -2.40. The van der Waals surface area contributed by atoms with Crippen LogP contribution in [0.25, 0.3) is 0 Å². The first kappa shape index (κ1) is 23.6. The monoisotopic (exact) mass is 356 g/mol. The number of rotatable bonds is 18. The minimum atomic E-state index is -1.13. The predicted octanol–water partition coefficient (Wildman–Crippen LogP) is -1.84. The highest BCUT2D eigenvalue weighted by Gasteiger charge is 2.23. The van der Waals surface area contributed by atoms with Crippen molar-refractivity contribution in [2.45, 2.75) is 25.2 Å². The van der Waals surface area contributed by atoms with E-state index in [2.05, 4.69) is 0 Å². The second-order valence-electron chi connectivity index (χ2n) is 5.00. The molecule has 0 aromatic heterocycles. The molecule has 0 radical (unpaired) electrons. The Morgan fingerprint density at radius 3 is 1.46 bits per heavy atom. The lowest BCUT2D eigenvalue weighted by molar-refractivity contribution is -0.112. The molecule has 0 aliphatic rings. The number of aliphatic hydroxyl groups excluding tert-OH is 4. The van der Waals surface area contributed by atoms with Crippen molar-refractivity contribution < 1.29 is 44.1 Å². The Labute approximate surface area is 143 Å². The second-order valence-corrected chi connectivity index (χ2v) is 5.00. The molecular formula is C15H32O9. The highest BCUT2D eigenvalue weighted by molar-refractivity contribution is 4.72.